The number of cyclic esters (lactones) is 1. The largest absolute Gasteiger partial charge is 0.443 e. The Labute approximate surface area is 112 Å². The molecular formula is C10H8Cl2F3NO2. The molecule has 1 aliphatic heterocycles. The van der Waals surface area contributed by atoms with Crippen molar-refractivity contribution in [3.8, 4) is 0 Å². The van der Waals surface area contributed by atoms with Crippen LogP contribution in [0.5, 0.6) is 0 Å². The number of benzene rings is 1. The molecule has 1 aromatic rings. The number of halogens is 5. The van der Waals surface area contributed by atoms with Crippen LogP contribution in [-0.4, -0.2) is 18.6 Å². The average molecular weight is 302 g/mol. The van der Waals surface area contributed by atoms with Crippen molar-refractivity contribution in [1.29, 1.82) is 0 Å². The van der Waals surface area contributed by atoms with Gasteiger partial charge in [0.05, 0.1) is 5.02 Å². The highest BCUT2D eigenvalue weighted by Gasteiger charge is 2.47. The van der Waals surface area contributed by atoms with Gasteiger partial charge in [-0.15, -0.1) is 12.4 Å². The average Bonchev–Trinajstić information content (AvgIpc) is 2.26. The van der Waals surface area contributed by atoms with E-state index in [0.29, 0.717) is 0 Å². The molecule has 18 heavy (non-hydrogen) atoms. The molecule has 0 bridgehead atoms. The first-order chi connectivity index (χ1) is 7.92. The first-order valence-corrected chi connectivity index (χ1v) is 5.04. The van der Waals surface area contributed by atoms with Gasteiger partial charge in [-0.25, -0.2) is 18.0 Å². The van der Waals surface area contributed by atoms with Gasteiger partial charge in [-0.2, -0.15) is 0 Å². The smallest absolute Gasteiger partial charge is 0.408 e. The Kier molecular flexibility index (Phi) is 4.34. The lowest BCUT2D eigenvalue weighted by molar-refractivity contribution is -0.104. The Balaban J connectivity index is 0.00000162. The van der Waals surface area contributed by atoms with Crippen LogP contribution in [0.4, 0.5) is 18.0 Å². The molecule has 0 aliphatic carbocycles. The van der Waals surface area contributed by atoms with Crippen molar-refractivity contribution >= 4 is 30.1 Å². The maximum absolute atomic E-state index is 13.6. The number of rotatable bonds is 1. The topological polar surface area (TPSA) is 38.3 Å². The van der Waals surface area contributed by atoms with Crippen molar-refractivity contribution in [2.75, 3.05) is 6.61 Å². The first-order valence-electron chi connectivity index (χ1n) is 4.67. The Hall–Kier alpha value is -1.14. The van der Waals surface area contributed by atoms with Gasteiger partial charge < -0.3 is 10.1 Å². The highest BCUT2D eigenvalue weighted by molar-refractivity contribution is 6.30. The van der Waals surface area contributed by atoms with Gasteiger partial charge in [0.25, 0.3) is 0 Å². The lowest BCUT2D eigenvalue weighted by Crippen LogP contribution is -2.49. The Morgan fingerprint density at radius 3 is 2.78 bits per heavy atom. The minimum absolute atomic E-state index is 0. The number of alkyl carbamates (subject to hydrolysis) is 1. The molecule has 1 amide bonds. The zero-order chi connectivity index (χ0) is 12.6. The molecule has 100 valence electrons. The van der Waals surface area contributed by atoms with Gasteiger partial charge in [-0.3, -0.25) is 0 Å². The van der Waals surface area contributed by atoms with Gasteiger partial charge in [-0.1, -0.05) is 23.7 Å². The van der Waals surface area contributed by atoms with Crippen molar-refractivity contribution in [2.24, 2.45) is 0 Å². The van der Waals surface area contributed by atoms with E-state index in [9.17, 15) is 18.0 Å². The number of hydrogen-bond acceptors (Lipinski definition) is 2. The third-order valence-corrected chi connectivity index (χ3v) is 2.66. The van der Waals surface area contributed by atoms with Crippen LogP contribution < -0.4 is 5.32 Å². The predicted octanol–water partition coefficient (Wildman–Crippen LogP) is 3.32. The van der Waals surface area contributed by atoms with Crippen LogP contribution in [0.2, 0.25) is 5.02 Å². The molecule has 0 radical (unpaired) electrons. The second-order valence-corrected chi connectivity index (χ2v) is 3.96. The maximum atomic E-state index is 13.6. The van der Waals surface area contributed by atoms with E-state index in [1.807, 2.05) is 5.32 Å². The summed E-state index contributed by atoms with van der Waals surface area (Å²) in [5.41, 5.74) is -0.362. The quantitative estimate of drug-likeness (QED) is 0.864. The minimum atomic E-state index is -3.39. The number of nitrogens with one attached hydrogen (secondary N) is 1. The Morgan fingerprint density at radius 1 is 1.44 bits per heavy atom. The first kappa shape index (κ1) is 14.9. The molecule has 0 unspecified atom stereocenters. The number of carbonyl (C=O) groups is 1. The van der Waals surface area contributed by atoms with Crippen LogP contribution >= 0.6 is 24.0 Å². The van der Waals surface area contributed by atoms with Gasteiger partial charge in [0.15, 0.2) is 6.61 Å². The van der Waals surface area contributed by atoms with Crippen LogP contribution in [-0.2, 0) is 4.74 Å². The fourth-order valence-corrected chi connectivity index (χ4v) is 1.74. The van der Waals surface area contributed by atoms with Gasteiger partial charge in [0.1, 0.15) is 11.9 Å². The highest BCUT2D eigenvalue weighted by atomic mass is 35.5. The molecular weight excluding hydrogens is 294 g/mol. The third-order valence-electron chi connectivity index (χ3n) is 2.37. The fourth-order valence-electron chi connectivity index (χ4n) is 1.56. The standard InChI is InChI=1S/C10H7ClF3NO2.ClH/c11-6-3-1-2-5(7(6)12)8-10(13,14)4-17-9(16)15-8;/h1-3,8H,4H2,(H,15,16);1H/t8-;/m0./s1. The molecule has 0 aromatic heterocycles. The summed E-state index contributed by atoms with van der Waals surface area (Å²) in [7, 11) is 0. The fraction of sp³-hybridized carbons (Fsp3) is 0.300. The number of ether oxygens (including phenoxy) is 1. The van der Waals surface area contributed by atoms with E-state index in [4.69, 9.17) is 11.6 Å². The minimum Gasteiger partial charge on any atom is -0.443 e. The number of amides is 1. The SMILES string of the molecule is Cl.O=C1N[C@@H](c2cccc(Cl)c2F)C(F)(F)CO1. The number of alkyl halides is 2. The summed E-state index contributed by atoms with van der Waals surface area (Å²) >= 11 is 5.50. The molecule has 0 saturated carbocycles. The zero-order valence-electron chi connectivity index (χ0n) is 8.75. The van der Waals surface area contributed by atoms with E-state index in [1.165, 1.54) is 12.1 Å². The monoisotopic (exact) mass is 301 g/mol. The summed E-state index contributed by atoms with van der Waals surface area (Å²) in [6.07, 6.45) is -1.01. The van der Waals surface area contributed by atoms with Gasteiger partial charge in [0.2, 0.25) is 0 Å². The third kappa shape index (κ3) is 2.64. The molecule has 8 heteroatoms. The summed E-state index contributed by atoms with van der Waals surface area (Å²) < 4.78 is 44.7. The van der Waals surface area contributed by atoms with Crippen LogP contribution in [0, 0.1) is 5.82 Å². The van der Waals surface area contributed by atoms with E-state index in [2.05, 4.69) is 4.74 Å². The van der Waals surface area contributed by atoms with Gasteiger partial charge in [-0.05, 0) is 6.07 Å². The second kappa shape index (κ2) is 5.24. The predicted molar refractivity (Wildman–Crippen MR) is 60.8 cm³/mol. The molecule has 1 N–H and O–H groups in total. The summed E-state index contributed by atoms with van der Waals surface area (Å²) in [5, 5.41) is 1.60. The van der Waals surface area contributed by atoms with E-state index in [-0.39, 0.29) is 23.0 Å². The van der Waals surface area contributed by atoms with Gasteiger partial charge >= 0.3 is 12.0 Å². The van der Waals surface area contributed by atoms with Crippen LogP contribution in [0.3, 0.4) is 0 Å². The molecule has 1 saturated heterocycles. The Bertz CT molecular complexity index is 470. The molecule has 1 aliphatic rings. The normalized spacial score (nSPS) is 21.6. The van der Waals surface area contributed by atoms with Crippen molar-refractivity contribution in [1.82, 2.24) is 5.32 Å². The summed E-state index contributed by atoms with van der Waals surface area (Å²) in [6.45, 7) is -1.09. The second-order valence-electron chi connectivity index (χ2n) is 3.56. The maximum Gasteiger partial charge on any atom is 0.408 e. The summed E-state index contributed by atoms with van der Waals surface area (Å²) in [6, 6.07) is 1.94. The molecule has 1 fully saturated rings. The van der Waals surface area contributed by atoms with E-state index < -0.39 is 30.5 Å². The zero-order valence-corrected chi connectivity index (χ0v) is 10.3. The van der Waals surface area contributed by atoms with Crippen LogP contribution in [0.25, 0.3) is 0 Å². The van der Waals surface area contributed by atoms with Crippen molar-refractivity contribution in [3.63, 3.8) is 0 Å². The van der Waals surface area contributed by atoms with Gasteiger partial charge in [0, 0.05) is 5.56 Å². The van der Waals surface area contributed by atoms with E-state index in [0.717, 1.165) is 6.07 Å². The van der Waals surface area contributed by atoms with Crippen molar-refractivity contribution in [2.45, 2.75) is 12.0 Å². The summed E-state index contributed by atoms with van der Waals surface area (Å²) in [4.78, 5) is 10.9. The lowest BCUT2D eigenvalue weighted by atomic mass is 9.99. The van der Waals surface area contributed by atoms with Crippen LogP contribution in [0.15, 0.2) is 18.2 Å². The molecule has 1 heterocycles. The number of carbonyl (C=O) groups excluding carboxylic acids is 1. The molecule has 0 spiro atoms. The van der Waals surface area contributed by atoms with E-state index >= 15 is 0 Å². The number of hydrogen-bond donors (Lipinski definition) is 1. The molecule has 1 atom stereocenters. The van der Waals surface area contributed by atoms with Crippen molar-refractivity contribution in [3.05, 3.63) is 34.6 Å². The molecule has 1 aromatic carbocycles. The highest BCUT2D eigenvalue weighted by Crippen LogP contribution is 2.36. The summed E-state index contributed by atoms with van der Waals surface area (Å²) in [5.74, 6) is -4.36. The Morgan fingerprint density at radius 2 is 2.11 bits per heavy atom. The molecule has 2 rings (SSSR count). The van der Waals surface area contributed by atoms with Crippen molar-refractivity contribution < 1.29 is 22.7 Å². The lowest BCUT2D eigenvalue weighted by Gasteiger charge is -2.32. The van der Waals surface area contributed by atoms with E-state index in [1.54, 1.807) is 0 Å². The molecule has 3 nitrogen and oxygen atoms in total. The van der Waals surface area contributed by atoms with Crippen LogP contribution in [0.1, 0.15) is 11.6 Å².